The second kappa shape index (κ2) is 8.92. The Balaban J connectivity index is 3.59. The minimum absolute atomic E-state index is 0.330. The number of hydrogen-bond acceptors (Lipinski definition) is 1. The van der Waals surface area contributed by atoms with Crippen LogP contribution in [0.3, 0.4) is 0 Å². The van der Waals surface area contributed by atoms with Crippen LogP contribution >= 0.6 is 0 Å². The Morgan fingerprint density at radius 2 is 1.56 bits per heavy atom. The van der Waals surface area contributed by atoms with Crippen LogP contribution in [0, 0.1) is 0 Å². The third kappa shape index (κ3) is 8.10. The molecule has 0 N–H and O–H groups in total. The SMILES string of the molecule is CCCCCC/C=C/CCO[Si](C)(C)C(C)(C)C. The summed E-state index contributed by atoms with van der Waals surface area (Å²) in [4.78, 5) is 0. The van der Waals surface area contributed by atoms with E-state index < -0.39 is 8.32 Å². The lowest BCUT2D eigenvalue weighted by atomic mass is 10.1. The van der Waals surface area contributed by atoms with Gasteiger partial charge in [-0.1, -0.05) is 59.1 Å². The van der Waals surface area contributed by atoms with Crippen molar-refractivity contribution in [1.82, 2.24) is 0 Å². The fourth-order valence-corrected chi connectivity index (χ4v) is 2.58. The van der Waals surface area contributed by atoms with Gasteiger partial charge in [0.1, 0.15) is 0 Å². The highest BCUT2D eigenvalue weighted by molar-refractivity contribution is 6.74. The molecule has 0 aliphatic rings. The molecular formula is C16H34OSi. The quantitative estimate of drug-likeness (QED) is 0.287. The van der Waals surface area contributed by atoms with Crippen LogP contribution in [0.25, 0.3) is 0 Å². The second-order valence-electron chi connectivity index (χ2n) is 6.72. The van der Waals surface area contributed by atoms with Crippen LogP contribution in [0.2, 0.25) is 18.1 Å². The molecule has 108 valence electrons. The number of allylic oxidation sites excluding steroid dienone is 1. The molecule has 0 spiro atoms. The van der Waals surface area contributed by atoms with Gasteiger partial charge in [0.15, 0.2) is 8.32 Å². The van der Waals surface area contributed by atoms with Crippen molar-refractivity contribution in [2.75, 3.05) is 6.61 Å². The minimum Gasteiger partial charge on any atom is -0.417 e. The molecule has 0 fully saturated rings. The first-order chi connectivity index (χ1) is 8.31. The molecule has 18 heavy (non-hydrogen) atoms. The van der Waals surface area contributed by atoms with Crippen molar-refractivity contribution in [3.63, 3.8) is 0 Å². The van der Waals surface area contributed by atoms with Gasteiger partial charge in [0, 0.05) is 6.61 Å². The zero-order chi connectivity index (χ0) is 14.1. The largest absolute Gasteiger partial charge is 0.417 e. The molecule has 0 radical (unpaired) electrons. The molecule has 0 atom stereocenters. The molecule has 0 saturated heterocycles. The predicted molar refractivity (Wildman–Crippen MR) is 85.7 cm³/mol. The third-order valence-corrected chi connectivity index (χ3v) is 8.48. The fraction of sp³-hybridized carbons (Fsp3) is 0.875. The van der Waals surface area contributed by atoms with E-state index in [-0.39, 0.29) is 0 Å². The Bertz CT molecular complexity index is 226. The normalized spacial score (nSPS) is 13.4. The maximum Gasteiger partial charge on any atom is 0.191 e. The molecule has 1 nitrogen and oxygen atoms in total. The molecule has 0 unspecified atom stereocenters. The monoisotopic (exact) mass is 270 g/mol. The van der Waals surface area contributed by atoms with Crippen LogP contribution in [0.5, 0.6) is 0 Å². The standard InChI is InChI=1S/C16H34OSi/c1-7-8-9-10-11-12-13-14-15-17-18(5,6)16(2,3)4/h12-13H,7-11,14-15H2,1-6H3/b13-12+. The van der Waals surface area contributed by atoms with Gasteiger partial charge in [-0.2, -0.15) is 0 Å². The lowest BCUT2D eigenvalue weighted by Gasteiger charge is -2.36. The minimum atomic E-state index is -1.52. The summed E-state index contributed by atoms with van der Waals surface area (Å²) >= 11 is 0. The Kier molecular flexibility index (Phi) is 8.88. The van der Waals surface area contributed by atoms with Gasteiger partial charge in [-0.05, 0) is 37.4 Å². The van der Waals surface area contributed by atoms with Crippen molar-refractivity contribution in [3.8, 4) is 0 Å². The third-order valence-electron chi connectivity index (χ3n) is 3.94. The van der Waals surface area contributed by atoms with Crippen LogP contribution in [0.4, 0.5) is 0 Å². The zero-order valence-corrected chi connectivity index (χ0v) is 14.5. The highest BCUT2D eigenvalue weighted by Gasteiger charge is 2.36. The number of unbranched alkanes of at least 4 members (excludes halogenated alkanes) is 4. The van der Waals surface area contributed by atoms with Crippen LogP contribution in [0.1, 0.15) is 66.2 Å². The van der Waals surface area contributed by atoms with Crippen LogP contribution in [0.15, 0.2) is 12.2 Å². The summed E-state index contributed by atoms with van der Waals surface area (Å²) in [5, 5.41) is 0.330. The van der Waals surface area contributed by atoms with E-state index in [1.54, 1.807) is 0 Å². The highest BCUT2D eigenvalue weighted by Crippen LogP contribution is 2.36. The molecule has 0 aliphatic carbocycles. The van der Waals surface area contributed by atoms with Gasteiger partial charge in [-0.25, -0.2) is 0 Å². The molecule has 2 heteroatoms. The Labute approximate surface area is 116 Å². The van der Waals surface area contributed by atoms with Gasteiger partial charge < -0.3 is 4.43 Å². The Hall–Kier alpha value is -0.0831. The van der Waals surface area contributed by atoms with E-state index in [2.05, 4.69) is 52.9 Å². The number of rotatable bonds is 9. The average Bonchev–Trinajstić information content (AvgIpc) is 2.25. The first-order valence-corrected chi connectivity index (χ1v) is 10.5. The zero-order valence-electron chi connectivity index (χ0n) is 13.5. The molecule has 0 amide bonds. The van der Waals surface area contributed by atoms with Crippen LogP contribution in [-0.2, 0) is 4.43 Å². The van der Waals surface area contributed by atoms with E-state index in [0.29, 0.717) is 5.04 Å². The van der Waals surface area contributed by atoms with Crippen molar-refractivity contribution in [3.05, 3.63) is 12.2 Å². The molecule has 0 aromatic rings. The first-order valence-electron chi connectivity index (χ1n) is 7.60. The Morgan fingerprint density at radius 1 is 0.944 bits per heavy atom. The molecular weight excluding hydrogens is 236 g/mol. The van der Waals surface area contributed by atoms with Crippen molar-refractivity contribution in [1.29, 1.82) is 0 Å². The highest BCUT2D eigenvalue weighted by atomic mass is 28.4. The summed E-state index contributed by atoms with van der Waals surface area (Å²) in [5.41, 5.74) is 0. The second-order valence-corrected chi connectivity index (χ2v) is 11.5. The van der Waals surface area contributed by atoms with Crippen LogP contribution < -0.4 is 0 Å². The summed E-state index contributed by atoms with van der Waals surface area (Å²) in [7, 11) is -1.52. The summed E-state index contributed by atoms with van der Waals surface area (Å²) in [6, 6.07) is 0. The smallest absolute Gasteiger partial charge is 0.191 e. The molecule has 0 aliphatic heterocycles. The van der Waals surface area contributed by atoms with Gasteiger partial charge in [-0.15, -0.1) is 0 Å². The molecule has 0 bridgehead atoms. The van der Waals surface area contributed by atoms with Crippen molar-refractivity contribution < 1.29 is 4.43 Å². The van der Waals surface area contributed by atoms with Gasteiger partial charge in [0.05, 0.1) is 0 Å². The first kappa shape index (κ1) is 17.9. The lowest BCUT2D eigenvalue weighted by molar-refractivity contribution is 0.294. The van der Waals surface area contributed by atoms with Gasteiger partial charge in [0.2, 0.25) is 0 Å². The van der Waals surface area contributed by atoms with Crippen molar-refractivity contribution in [2.45, 2.75) is 84.4 Å². The van der Waals surface area contributed by atoms with Crippen molar-refractivity contribution >= 4 is 8.32 Å². The van der Waals surface area contributed by atoms with E-state index >= 15 is 0 Å². The molecule has 0 saturated carbocycles. The van der Waals surface area contributed by atoms with E-state index in [1.165, 1.54) is 32.1 Å². The van der Waals surface area contributed by atoms with E-state index in [1.807, 2.05) is 0 Å². The maximum absolute atomic E-state index is 6.13. The average molecular weight is 271 g/mol. The van der Waals surface area contributed by atoms with Crippen LogP contribution in [-0.4, -0.2) is 14.9 Å². The van der Waals surface area contributed by atoms with E-state index in [0.717, 1.165) is 13.0 Å². The summed E-state index contributed by atoms with van der Waals surface area (Å²) < 4.78 is 6.13. The predicted octanol–water partition coefficient (Wildman–Crippen LogP) is 5.92. The molecule has 0 aromatic heterocycles. The molecule has 0 heterocycles. The van der Waals surface area contributed by atoms with Gasteiger partial charge in [0.25, 0.3) is 0 Å². The summed E-state index contributed by atoms with van der Waals surface area (Å²) in [6.45, 7) is 14.7. The molecule has 0 aromatic carbocycles. The van der Waals surface area contributed by atoms with E-state index in [9.17, 15) is 0 Å². The summed E-state index contributed by atoms with van der Waals surface area (Å²) in [5.74, 6) is 0. The Morgan fingerprint density at radius 3 is 2.11 bits per heavy atom. The van der Waals surface area contributed by atoms with Gasteiger partial charge >= 0.3 is 0 Å². The van der Waals surface area contributed by atoms with Gasteiger partial charge in [-0.3, -0.25) is 0 Å². The summed E-state index contributed by atoms with van der Waals surface area (Å²) in [6.07, 6.45) is 12.3. The van der Waals surface area contributed by atoms with E-state index in [4.69, 9.17) is 4.43 Å². The lowest BCUT2D eigenvalue weighted by Crippen LogP contribution is -2.40. The molecule has 0 rings (SSSR count). The topological polar surface area (TPSA) is 9.23 Å². The van der Waals surface area contributed by atoms with Crippen molar-refractivity contribution in [2.24, 2.45) is 0 Å². The fourth-order valence-electron chi connectivity index (χ4n) is 1.52. The maximum atomic E-state index is 6.13. The number of hydrogen-bond donors (Lipinski definition) is 0.